The number of aliphatic imine (C=N–C) groups is 1. The third-order valence-electron chi connectivity index (χ3n) is 12.7. The zero-order chi connectivity index (χ0) is 37.7. The summed E-state index contributed by atoms with van der Waals surface area (Å²) in [6.07, 6.45) is 18.5. The Bertz CT molecular complexity index is 2680. The molecule has 6 aromatic carbocycles. The van der Waals surface area contributed by atoms with Gasteiger partial charge in [-0.05, 0) is 87.2 Å². The van der Waals surface area contributed by atoms with Gasteiger partial charge in [-0.1, -0.05) is 176 Å². The Morgan fingerprint density at radius 1 is 0.614 bits per heavy atom. The monoisotopic (exact) mass is 733 g/mol. The number of benzene rings is 6. The fourth-order valence-electron chi connectivity index (χ4n) is 10.1. The molecular weight excluding hydrogens is 691 g/mol. The van der Waals surface area contributed by atoms with Crippen LogP contribution in [0, 0.1) is 11.8 Å². The number of nitrogens with one attached hydrogen (secondary N) is 1. The highest BCUT2D eigenvalue weighted by Gasteiger charge is 2.47. The van der Waals surface area contributed by atoms with E-state index in [0.717, 1.165) is 35.5 Å². The molecule has 5 atom stereocenters. The molecule has 1 saturated heterocycles. The molecule has 5 aliphatic rings. The van der Waals surface area contributed by atoms with Gasteiger partial charge in [0.1, 0.15) is 5.84 Å². The van der Waals surface area contributed by atoms with E-state index in [2.05, 4.69) is 210 Å². The second-order valence-electron chi connectivity index (χ2n) is 15.8. The van der Waals surface area contributed by atoms with Gasteiger partial charge < -0.3 is 10.2 Å². The molecule has 0 saturated carbocycles. The first-order chi connectivity index (χ1) is 28.3. The highest BCUT2D eigenvalue weighted by molar-refractivity contribution is 6.05. The van der Waals surface area contributed by atoms with Gasteiger partial charge >= 0.3 is 0 Å². The number of amidine groups is 1. The van der Waals surface area contributed by atoms with Crippen LogP contribution in [0.15, 0.2) is 211 Å². The summed E-state index contributed by atoms with van der Waals surface area (Å²) in [6, 6.07) is 57.5. The second-order valence-corrected chi connectivity index (χ2v) is 15.8. The minimum absolute atomic E-state index is 0.0905. The highest BCUT2D eigenvalue weighted by atomic mass is 15.2. The molecule has 2 heterocycles. The molecule has 5 unspecified atom stereocenters. The summed E-state index contributed by atoms with van der Waals surface area (Å²) in [5.41, 5.74) is 17.0. The number of nitrogens with zero attached hydrogens (tertiary/aromatic N) is 2. The predicted octanol–water partition coefficient (Wildman–Crippen LogP) is 12.1. The van der Waals surface area contributed by atoms with E-state index in [-0.39, 0.29) is 12.1 Å². The van der Waals surface area contributed by atoms with Crippen LogP contribution in [0.1, 0.15) is 57.3 Å². The molecule has 57 heavy (non-hydrogen) atoms. The fourth-order valence-corrected chi connectivity index (χ4v) is 10.1. The predicted molar refractivity (Wildman–Crippen MR) is 236 cm³/mol. The minimum Gasteiger partial charge on any atom is -0.340 e. The molecule has 0 radical (unpaired) electrons. The molecule has 3 nitrogen and oxygen atoms in total. The van der Waals surface area contributed by atoms with Crippen LogP contribution >= 0.6 is 0 Å². The zero-order valence-corrected chi connectivity index (χ0v) is 31.7. The van der Waals surface area contributed by atoms with Crippen molar-refractivity contribution in [2.45, 2.75) is 30.8 Å². The summed E-state index contributed by atoms with van der Waals surface area (Å²) in [4.78, 5) is 7.83. The number of fused-ring (bicyclic) bond motifs is 6. The highest BCUT2D eigenvalue weighted by Crippen LogP contribution is 2.54. The average molecular weight is 734 g/mol. The number of hydrogen-bond acceptors (Lipinski definition) is 3. The quantitative estimate of drug-likeness (QED) is 0.185. The van der Waals surface area contributed by atoms with Gasteiger partial charge in [0, 0.05) is 40.4 Å². The molecule has 6 aromatic rings. The van der Waals surface area contributed by atoms with Gasteiger partial charge in [-0.25, -0.2) is 0 Å². The Morgan fingerprint density at radius 3 is 2.16 bits per heavy atom. The smallest absolute Gasteiger partial charge is 0.133 e. The van der Waals surface area contributed by atoms with Crippen molar-refractivity contribution >= 4 is 22.8 Å². The molecule has 0 amide bonds. The van der Waals surface area contributed by atoms with E-state index in [4.69, 9.17) is 4.99 Å². The largest absolute Gasteiger partial charge is 0.340 e. The summed E-state index contributed by atoms with van der Waals surface area (Å²) in [7, 11) is 0. The van der Waals surface area contributed by atoms with Crippen molar-refractivity contribution in [1.82, 2.24) is 5.32 Å². The average Bonchev–Trinajstić information content (AvgIpc) is 3.64. The zero-order valence-electron chi connectivity index (χ0n) is 31.7. The Morgan fingerprint density at radius 2 is 1.32 bits per heavy atom. The first-order valence-electron chi connectivity index (χ1n) is 20.4. The molecule has 3 aliphatic carbocycles. The molecule has 1 fully saturated rings. The maximum atomic E-state index is 5.19. The van der Waals surface area contributed by atoms with Crippen LogP contribution in [0.25, 0.3) is 22.4 Å². The van der Waals surface area contributed by atoms with Gasteiger partial charge in [0.2, 0.25) is 0 Å². The van der Waals surface area contributed by atoms with E-state index in [1.54, 1.807) is 0 Å². The van der Waals surface area contributed by atoms with Crippen molar-refractivity contribution in [3.63, 3.8) is 0 Å². The van der Waals surface area contributed by atoms with E-state index in [1.165, 1.54) is 55.9 Å². The lowest BCUT2D eigenvalue weighted by Gasteiger charge is -2.34. The van der Waals surface area contributed by atoms with Crippen LogP contribution in [-0.2, 0) is 6.42 Å². The number of anilines is 1. The number of allylic oxidation sites excluding steroid dienone is 6. The third-order valence-corrected chi connectivity index (χ3v) is 12.7. The van der Waals surface area contributed by atoms with Crippen molar-refractivity contribution in [2.75, 3.05) is 4.90 Å². The van der Waals surface area contributed by atoms with Crippen molar-refractivity contribution in [2.24, 2.45) is 16.8 Å². The molecule has 1 N–H and O–H groups in total. The Balaban J connectivity index is 0.976. The van der Waals surface area contributed by atoms with Gasteiger partial charge in [-0.15, -0.1) is 0 Å². The maximum Gasteiger partial charge on any atom is 0.133 e. The third kappa shape index (κ3) is 5.85. The summed E-state index contributed by atoms with van der Waals surface area (Å²) in [5.74, 6) is 1.91. The normalized spacial score (nSPS) is 22.8. The van der Waals surface area contributed by atoms with Crippen molar-refractivity contribution < 1.29 is 0 Å². The van der Waals surface area contributed by atoms with Crippen LogP contribution in [0.2, 0.25) is 0 Å². The second kappa shape index (κ2) is 14.1. The van der Waals surface area contributed by atoms with Crippen LogP contribution in [0.3, 0.4) is 0 Å². The molecule has 274 valence electrons. The molecule has 0 bridgehead atoms. The summed E-state index contributed by atoms with van der Waals surface area (Å²) >= 11 is 0. The standard InChI is InChI=1S/C54H43N3/c1-4-17-36(18-5-1)47-34-48-43(41-25-10-11-26-42(41)47)28-15-29-44(48)45-30-16-32-52-53(45)46-27-12-13-31-51(46)57(52)40-24-14-23-39(33-40)50-35-49(37-19-6-2-7-20-37)55-54(56-50)38-21-8-3-9-22-38/h1-26,28-33,35,46-47,49,52-53H,27,34H2,(H,55,56). The fraction of sp³-hybridized carbons (Fsp3) is 0.130. The SMILES string of the molecule is C1=CCC2C(=C1)N(c1cccc(C3=CC(c4ccccc4)N=C(c4ccccc4)N3)c1)C1C=CC=C(c3cccc4c3CC(c3ccccc3)c3ccccc3-4)C21. The molecule has 2 aliphatic heterocycles. The van der Waals surface area contributed by atoms with Crippen LogP contribution in [-0.4, -0.2) is 11.9 Å². The van der Waals surface area contributed by atoms with E-state index in [9.17, 15) is 0 Å². The minimum atomic E-state index is -0.0905. The Hall–Kier alpha value is -6.71. The van der Waals surface area contributed by atoms with Crippen molar-refractivity contribution in [3.8, 4) is 11.1 Å². The van der Waals surface area contributed by atoms with E-state index < -0.39 is 0 Å². The topological polar surface area (TPSA) is 27.6 Å². The molecule has 0 aromatic heterocycles. The molecule has 3 heteroatoms. The lowest BCUT2D eigenvalue weighted by Crippen LogP contribution is -2.32. The molecular formula is C54H43N3. The van der Waals surface area contributed by atoms with E-state index in [0.29, 0.717) is 17.8 Å². The Labute approximate surface area is 335 Å². The van der Waals surface area contributed by atoms with Gasteiger partial charge in [-0.2, -0.15) is 0 Å². The first kappa shape index (κ1) is 33.6. The van der Waals surface area contributed by atoms with Gasteiger partial charge in [0.15, 0.2) is 0 Å². The summed E-state index contributed by atoms with van der Waals surface area (Å²) < 4.78 is 0. The van der Waals surface area contributed by atoms with Crippen molar-refractivity contribution in [3.05, 3.63) is 245 Å². The first-order valence-corrected chi connectivity index (χ1v) is 20.4. The van der Waals surface area contributed by atoms with E-state index in [1.807, 2.05) is 0 Å². The van der Waals surface area contributed by atoms with Crippen LogP contribution in [0.5, 0.6) is 0 Å². The van der Waals surface area contributed by atoms with Gasteiger partial charge in [0.05, 0.1) is 12.1 Å². The Kier molecular flexibility index (Phi) is 8.31. The summed E-state index contributed by atoms with van der Waals surface area (Å²) in [6.45, 7) is 0. The number of rotatable bonds is 6. The van der Waals surface area contributed by atoms with Crippen LogP contribution in [0.4, 0.5) is 5.69 Å². The molecule has 11 rings (SSSR count). The van der Waals surface area contributed by atoms with Gasteiger partial charge in [0.25, 0.3) is 0 Å². The summed E-state index contributed by atoms with van der Waals surface area (Å²) in [5, 5.41) is 3.74. The maximum absolute atomic E-state index is 5.19. The van der Waals surface area contributed by atoms with E-state index >= 15 is 0 Å². The van der Waals surface area contributed by atoms with Crippen molar-refractivity contribution in [1.29, 1.82) is 0 Å². The lowest BCUT2D eigenvalue weighted by atomic mass is 9.70. The molecule has 0 spiro atoms. The van der Waals surface area contributed by atoms with Gasteiger partial charge in [-0.3, -0.25) is 4.99 Å². The van der Waals surface area contributed by atoms with Crippen LogP contribution < -0.4 is 10.2 Å². The lowest BCUT2D eigenvalue weighted by molar-refractivity contribution is 0.506. The number of hydrogen-bond donors (Lipinski definition) is 1.